The molecule has 2 atom stereocenters. The Morgan fingerprint density at radius 3 is 2.67 bits per heavy atom. The van der Waals surface area contributed by atoms with Crippen LogP contribution in [-0.4, -0.2) is 48.1 Å². The first-order valence-corrected chi connectivity index (χ1v) is 8.92. The number of hydrogen-bond donors (Lipinski definition) is 1. The fourth-order valence-electron chi connectivity index (χ4n) is 3.29. The summed E-state index contributed by atoms with van der Waals surface area (Å²) in [6, 6.07) is 8.52. The number of ether oxygens (including phenoxy) is 2. The van der Waals surface area contributed by atoms with Crippen LogP contribution in [0.1, 0.15) is 31.7 Å². The SMILES string of the molecule is C=CCC1(C(=O)NC(C)C(=O)OC)CCCN1C(=O)OCc1ccccc1. The smallest absolute Gasteiger partial charge is 0.411 e. The maximum atomic E-state index is 13.0. The predicted molar refractivity (Wildman–Crippen MR) is 99.7 cm³/mol. The standard InChI is InChI=1S/C20H26N2O5/c1-4-11-20(18(24)21-15(2)17(23)26-3)12-8-13-22(20)19(25)27-14-16-9-6-5-7-10-16/h4-7,9-10,15H,1,8,11-14H2,2-3H3,(H,21,24). The van der Waals surface area contributed by atoms with Gasteiger partial charge in [-0.25, -0.2) is 9.59 Å². The number of esters is 1. The van der Waals surface area contributed by atoms with Gasteiger partial charge in [-0.1, -0.05) is 36.4 Å². The van der Waals surface area contributed by atoms with E-state index in [0.29, 0.717) is 19.4 Å². The lowest BCUT2D eigenvalue weighted by molar-refractivity contribution is -0.146. The molecular formula is C20H26N2O5. The van der Waals surface area contributed by atoms with Gasteiger partial charge in [0, 0.05) is 6.54 Å². The highest BCUT2D eigenvalue weighted by atomic mass is 16.6. The van der Waals surface area contributed by atoms with E-state index in [-0.39, 0.29) is 13.0 Å². The van der Waals surface area contributed by atoms with Crippen molar-refractivity contribution >= 4 is 18.0 Å². The number of carbonyl (C=O) groups is 3. The molecule has 7 heteroatoms. The molecule has 0 radical (unpaired) electrons. The van der Waals surface area contributed by atoms with Crippen LogP contribution in [0.5, 0.6) is 0 Å². The van der Waals surface area contributed by atoms with Gasteiger partial charge in [-0.05, 0) is 31.7 Å². The van der Waals surface area contributed by atoms with Crippen molar-refractivity contribution in [3.63, 3.8) is 0 Å². The molecule has 0 spiro atoms. The minimum atomic E-state index is -1.11. The lowest BCUT2D eigenvalue weighted by Crippen LogP contribution is -2.59. The third kappa shape index (κ3) is 4.67. The third-order valence-corrected chi connectivity index (χ3v) is 4.72. The van der Waals surface area contributed by atoms with Crippen molar-refractivity contribution in [3.05, 3.63) is 48.6 Å². The Labute approximate surface area is 159 Å². The number of methoxy groups -OCH3 is 1. The number of nitrogens with zero attached hydrogens (tertiary/aromatic N) is 1. The largest absolute Gasteiger partial charge is 0.467 e. The van der Waals surface area contributed by atoms with Crippen LogP contribution in [0.15, 0.2) is 43.0 Å². The zero-order valence-electron chi connectivity index (χ0n) is 15.8. The van der Waals surface area contributed by atoms with E-state index >= 15 is 0 Å². The summed E-state index contributed by atoms with van der Waals surface area (Å²) in [7, 11) is 1.26. The van der Waals surface area contributed by atoms with Crippen molar-refractivity contribution in [1.29, 1.82) is 0 Å². The van der Waals surface area contributed by atoms with Crippen molar-refractivity contribution < 1.29 is 23.9 Å². The summed E-state index contributed by atoms with van der Waals surface area (Å²) in [6.07, 6.45) is 2.45. The minimum absolute atomic E-state index is 0.126. The Kier molecular flexibility index (Phi) is 6.98. The van der Waals surface area contributed by atoms with E-state index in [2.05, 4.69) is 16.6 Å². The maximum absolute atomic E-state index is 13.0. The normalized spacial score (nSPS) is 19.9. The summed E-state index contributed by atoms with van der Waals surface area (Å²) < 4.78 is 10.1. The van der Waals surface area contributed by atoms with Crippen LogP contribution < -0.4 is 5.32 Å². The number of carbonyl (C=O) groups excluding carboxylic acids is 3. The second-order valence-corrected chi connectivity index (χ2v) is 6.54. The summed E-state index contributed by atoms with van der Waals surface area (Å²) in [5, 5.41) is 2.65. The van der Waals surface area contributed by atoms with Crippen LogP contribution in [0.25, 0.3) is 0 Å². The Morgan fingerprint density at radius 1 is 1.33 bits per heavy atom. The van der Waals surface area contributed by atoms with Gasteiger partial charge in [0.05, 0.1) is 7.11 Å². The Morgan fingerprint density at radius 2 is 2.04 bits per heavy atom. The van der Waals surface area contributed by atoms with Crippen molar-refractivity contribution in [2.75, 3.05) is 13.7 Å². The van der Waals surface area contributed by atoms with E-state index in [1.165, 1.54) is 12.0 Å². The maximum Gasteiger partial charge on any atom is 0.411 e. The average molecular weight is 374 g/mol. The second-order valence-electron chi connectivity index (χ2n) is 6.54. The van der Waals surface area contributed by atoms with Crippen LogP contribution in [0, 0.1) is 0 Å². The van der Waals surface area contributed by atoms with Gasteiger partial charge in [-0.3, -0.25) is 9.69 Å². The summed E-state index contributed by atoms with van der Waals surface area (Å²) in [5.41, 5.74) is -0.249. The highest BCUT2D eigenvalue weighted by molar-refractivity contribution is 5.93. The molecule has 1 aliphatic rings. The lowest BCUT2D eigenvalue weighted by atomic mass is 9.90. The molecule has 1 N–H and O–H groups in total. The molecule has 0 saturated carbocycles. The van der Waals surface area contributed by atoms with Crippen LogP contribution in [0.4, 0.5) is 4.79 Å². The minimum Gasteiger partial charge on any atom is -0.467 e. The molecule has 1 fully saturated rings. The molecule has 2 rings (SSSR count). The number of rotatable bonds is 7. The summed E-state index contributed by atoms with van der Waals surface area (Å²) >= 11 is 0. The molecule has 1 aliphatic heterocycles. The van der Waals surface area contributed by atoms with Gasteiger partial charge in [0.15, 0.2) is 0 Å². The van der Waals surface area contributed by atoms with Gasteiger partial charge in [0.2, 0.25) is 5.91 Å². The Hall–Kier alpha value is -2.83. The van der Waals surface area contributed by atoms with Gasteiger partial charge in [0.1, 0.15) is 18.2 Å². The van der Waals surface area contributed by atoms with Gasteiger partial charge < -0.3 is 14.8 Å². The molecule has 0 aliphatic carbocycles. The van der Waals surface area contributed by atoms with Crippen LogP contribution in [0.2, 0.25) is 0 Å². The Bertz CT molecular complexity index is 691. The summed E-state index contributed by atoms with van der Waals surface area (Å²) in [4.78, 5) is 38.7. The first-order valence-electron chi connectivity index (χ1n) is 8.92. The van der Waals surface area contributed by atoms with Gasteiger partial charge in [-0.15, -0.1) is 6.58 Å². The third-order valence-electron chi connectivity index (χ3n) is 4.72. The highest BCUT2D eigenvalue weighted by Crippen LogP contribution is 2.34. The molecular weight excluding hydrogens is 348 g/mol. The van der Waals surface area contributed by atoms with Crippen molar-refractivity contribution in [2.45, 2.75) is 44.4 Å². The summed E-state index contributed by atoms with van der Waals surface area (Å²) in [5.74, 6) is -0.956. The number of hydrogen-bond acceptors (Lipinski definition) is 5. The van der Waals surface area contributed by atoms with E-state index in [9.17, 15) is 14.4 Å². The Balaban J connectivity index is 2.13. The van der Waals surface area contributed by atoms with Crippen LogP contribution >= 0.6 is 0 Å². The average Bonchev–Trinajstić information content (AvgIpc) is 3.11. The molecule has 0 aromatic heterocycles. The number of likely N-dealkylation sites (tertiary alicyclic amines) is 1. The van der Waals surface area contributed by atoms with Gasteiger partial charge in [-0.2, -0.15) is 0 Å². The molecule has 2 unspecified atom stereocenters. The van der Waals surface area contributed by atoms with E-state index in [4.69, 9.17) is 4.74 Å². The van der Waals surface area contributed by atoms with Crippen molar-refractivity contribution in [1.82, 2.24) is 10.2 Å². The highest BCUT2D eigenvalue weighted by Gasteiger charge is 2.50. The quantitative estimate of drug-likeness (QED) is 0.585. The molecule has 1 aromatic carbocycles. The number of nitrogens with one attached hydrogen (secondary N) is 1. The van der Waals surface area contributed by atoms with Gasteiger partial charge in [0.25, 0.3) is 0 Å². The molecule has 1 heterocycles. The number of benzene rings is 1. The topological polar surface area (TPSA) is 84.9 Å². The van der Waals surface area contributed by atoms with E-state index in [1.807, 2.05) is 30.3 Å². The zero-order valence-corrected chi connectivity index (χ0v) is 15.8. The van der Waals surface area contributed by atoms with Gasteiger partial charge >= 0.3 is 12.1 Å². The molecule has 27 heavy (non-hydrogen) atoms. The predicted octanol–water partition coefficient (Wildman–Crippen LogP) is 2.41. The van der Waals surface area contributed by atoms with E-state index in [0.717, 1.165) is 5.56 Å². The van der Waals surface area contributed by atoms with Crippen LogP contribution in [-0.2, 0) is 25.7 Å². The number of amides is 2. The fraction of sp³-hybridized carbons (Fsp3) is 0.450. The molecule has 1 aromatic rings. The molecule has 7 nitrogen and oxygen atoms in total. The van der Waals surface area contributed by atoms with E-state index < -0.39 is 29.6 Å². The van der Waals surface area contributed by atoms with Crippen molar-refractivity contribution in [3.8, 4) is 0 Å². The van der Waals surface area contributed by atoms with Crippen LogP contribution in [0.3, 0.4) is 0 Å². The molecule has 0 bridgehead atoms. The molecule has 2 amide bonds. The monoisotopic (exact) mass is 374 g/mol. The second kappa shape index (κ2) is 9.21. The van der Waals surface area contributed by atoms with Crippen molar-refractivity contribution in [2.24, 2.45) is 0 Å². The fourth-order valence-corrected chi connectivity index (χ4v) is 3.29. The molecule has 146 valence electrons. The summed E-state index contributed by atoms with van der Waals surface area (Å²) in [6.45, 7) is 5.79. The zero-order chi connectivity index (χ0) is 19.9. The first-order chi connectivity index (χ1) is 12.9. The molecule has 1 saturated heterocycles. The first kappa shape index (κ1) is 20.5. The van der Waals surface area contributed by atoms with E-state index in [1.54, 1.807) is 13.0 Å². The lowest BCUT2D eigenvalue weighted by Gasteiger charge is -2.36.